The first-order valence-electron chi connectivity index (χ1n) is 8.15. The van der Waals surface area contributed by atoms with Crippen LogP contribution in [0.3, 0.4) is 0 Å². The Bertz CT molecular complexity index is 274. The van der Waals surface area contributed by atoms with Crippen molar-refractivity contribution in [2.45, 2.75) is 84.2 Å². The number of Topliss-reactive ketones (excluding diaryl/α,β-unsaturated/α-hetero) is 1. The van der Waals surface area contributed by atoms with E-state index in [0.29, 0.717) is 11.7 Å². The molecule has 0 spiro atoms. The Morgan fingerprint density at radius 3 is 2.68 bits per heavy atom. The van der Waals surface area contributed by atoms with Crippen LogP contribution < -0.4 is 0 Å². The van der Waals surface area contributed by atoms with Gasteiger partial charge >= 0.3 is 0 Å². The van der Waals surface area contributed by atoms with Crippen molar-refractivity contribution in [1.29, 1.82) is 0 Å². The van der Waals surface area contributed by atoms with Crippen LogP contribution in [-0.4, -0.2) is 18.5 Å². The smallest absolute Gasteiger partial charge is 0.139 e. The van der Waals surface area contributed by atoms with Crippen LogP contribution in [0.25, 0.3) is 0 Å². The van der Waals surface area contributed by atoms with Gasteiger partial charge in [-0.05, 0) is 25.7 Å². The summed E-state index contributed by atoms with van der Waals surface area (Å²) in [6, 6.07) is 0. The molecular weight excluding hydrogens is 236 g/mol. The highest BCUT2D eigenvalue weighted by atomic mass is 16.5. The third-order valence-corrected chi connectivity index (χ3v) is 5.04. The van der Waals surface area contributed by atoms with E-state index in [2.05, 4.69) is 20.8 Å². The summed E-state index contributed by atoms with van der Waals surface area (Å²) in [7, 11) is 1.76. The molecule has 0 aliphatic heterocycles. The van der Waals surface area contributed by atoms with Gasteiger partial charge < -0.3 is 4.74 Å². The van der Waals surface area contributed by atoms with Crippen LogP contribution in [0.4, 0.5) is 0 Å². The second kappa shape index (κ2) is 8.04. The number of methoxy groups -OCH3 is 1. The quantitative estimate of drug-likeness (QED) is 0.634. The molecule has 0 aromatic heterocycles. The Morgan fingerprint density at radius 2 is 2.11 bits per heavy atom. The second-order valence-corrected chi connectivity index (χ2v) is 6.40. The van der Waals surface area contributed by atoms with Gasteiger partial charge in [-0.1, -0.05) is 52.4 Å². The van der Waals surface area contributed by atoms with Crippen LogP contribution >= 0.6 is 0 Å². The molecule has 2 heteroatoms. The molecule has 1 aliphatic rings. The molecule has 112 valence electrons. The fourth-order valence-corrected chi connectivity index (χ4v) is 3.42. The molecule has 0 aromatic rings. The molecule has 1 aliphatic carbocycles. The SMILES string of the molecule is CCCCC(CC)CC(=O)C1CCCCC1(C)OC. The summed E-state index contributed by atoms with van der Waals surface area (Å²) in [6.07, 6.45) is 10.0. The van der Waals surface area contributed by atoms with E-state index in [4.69, 9.17) is 4.74 Å². The molecule has 19 heavy (non-hydrogen) atoms. The number of hydrogen-bond donors (Lipinski definition) is 0. The fourth-order valence-electron chi connectivity index (χ4n) is 3.42. The summed E-state index contributed by atoms with van der Waals surface area (Å²) < 4.78 is 5.69. The fraction of sp³-hybridized carbons (Fsp3) is 0.941. The highest BCUT2D eigenvalue weighted by Crippen LogP contribution is 2.38. The first-order valence-corrected chi connectivity index (χ1v) is 8.15. The summed E-state index contributed by atoms with van der Waals surface area (Å²) >= 11 is 0. The zero-order chi connectivity index (χ0) is 14.3. The standard InChI is InChI=1S/C17H32O2/c1-5-7-10-14(6-2)13-16(18)15-11-8-9-12-17(15,3)19-4/h14-15H,5-13H2,1-4H3. The number of carbonyl (C=O) groups excluding carboxylic acids is 1. The second-order valence-electron chi connectivity index (χ2n) is 6.40. The lowest BCUT2D eigenvalue weighted by Gasteiger charge is -2.40. The van der Waals surface area contributed by atoms with Gasteiger partial charge in [0.1, 0.15) is 5.78 Å². The first-order chi connectivity index (χ1) is 9.07. The molecule has 0 amide bonds. The minimum Gasteiger partial charge on any atom is -0.378 e. The molecule has 2 nitrogen and oxygen atoms in total. The number of rotatable bonds is 8. The summed E-state index contributed by atoms with van der Waals surface area (Å²) in [5.74, 6) is 1.16. The Balaban J connectivity index is 2.59. The van der Waals surface area contributed by atoms with Crippen molar-refractivity contribution in [2.75, 3.05) is 7.11 Å². The Labute approximate surface area is 119 Å². The molecule has 0 bridgehead atoms. The van der Waals surface area contributed by atoms with E-state index in [9.17, 15) is 4.79 Å². The predicted octanol–water partition coefficient (Wildman–Crippen LogP) is 4.76. The van der Waals surface area contributed by atoms with Crippen LogP contribution in [-0.2, 0) is 9.53 Å². The maximum absolute atomic E-state index is 12.6. The molecule has 0 radical (unpaired) electrons. The van der Waals surface area contributed by atoms with E-state index in [1.54, 1.807) is 7.11 Å². The van der Waals surface area contributed by atoms with Crippen LogP contribution in [0.1, 0.15) is 78.6 Å². The maximum Gasteiger partial charge on any atom is 0.139 e. The average molecular weight is 268 g/mol. The first kappa shape index (κ1) is 16.7. The van der Waals surface area contributed by atoms with Crippen molar-refractivity contribution in [3.05, 3.63) is 0 Å². The molecule has 0 aromatic carbocycles. The molecule has 1 saturated carbocycles. The lowest BCUT2D eigenvalue weighted by atomic mass is 9.72. The van der Waals surface area contributed by atoms with Crippen molar-refractivity contribution in [1.82, 2.24) is 0 Å². The van der Waals surface area contributed by atoms with Gasteiger partial charge in [0.25, 0.3) is 0 Å². The van der Waals surface area contributed by atoms with Gasteiger partial charge in [0, 0.05) is 19.4 Å². The number of unbranched alkanes of at least 4 members (excludes halogenated alkanes) is 1. The topological polar surface area (TPSA) is 26.3 Å². The van der Waals surface area contributed by atoms with Gasteiger partial charge in [-0.25, -0.2) is 0 Å². The van der Waals surface area contributed by atoms with Gasteiger partial charge in [-0.15, -0.1) is 0 Å². The van der Waals surface area contributed by atoms with Crippen molar-refractivity contribution in [3.63, 3.8) is 0 Å². The van der Waals surface area contributed by atoms with Crippen molar-refractivity contribution in [2.24, 2.45) is 11.8 Å². The highest BCUT2D eigenvalue weighted by Gasteiger charge is 2.40. The number of hydrogen-bond acceptors (Lipinski definition) is 2. The Kier molecular flexibility index (Phi) is 7.06. The predicted molar refractivity (Wildman–Crippen MR) is 80.3 cm³/mol. The molecule has 1 rings (SSSR count). The van der Waals surface area contributed by atoms with Gasteiger partial charge in [-0.2, -0.15) is 0 Å². The number of carbonyl (C=O) groups is 1. The van der Waals surface area contributed by atoms with E-state index in [0.717, 1.165) is 25.7 Å². The van der Waals surface area contributed by atoms with Crippen LogP contribution in [0.2, 0.25) is 0 Å². The summed E-state index contributed by atoms with van der Waals surface area (Å²) in [6.45, 7) is 6.56. The Morgan fingerprint density at radius 1 is 1.37 bits per heavy atom. The van der Waals surface area contributed by atoms with E-state index >= 15 is 0 Å². The molecule has 1 fully saturated rings. The molecule has 3 unspecified atom stereocenters. The van der Waals surface area contributed by atoms with Crippen LogP contribution in [0, 0.1) is 11.8 Å². The molecule has 0 N–H and O–H groups in total. The average Bonchev–Trinajstić information content (AvgIpc) is 2.43. The normalized spacial score (nSPS) is 29.2. The van der Waals surface area contributed by atoms with Gasteiger partial charge in [-0.3, -0.25) is 4.79 Å². The maximum atomic E-state index is 12.6. The van der Waals surface area contributed by atoms with Crippen molar-refractivity contribution in [3.8, 4) is 0 Å². The van der Waals surface area contributed by atoms with Crippen LogP contribution in [0.15, 0.2) is 0 Å². The minimum absolute atomic E-state index is 0.127. The third kappa shape index (κ3) is 4.59. The van der Waals surface area contributed by atoms with E-state index in [1.807, 2.05) is 0 Å². The number of ketones is 1. The highest BCUT2D eigenvalue weighted by molar-refractivity contribution is 5.82. The van der Waals surface area contributed by atoms with E-state index in [1.165, 1.54) is 32.1 Å². The largest absolute Gasteiger partial charge is 0.378 e. The summed E-state index contributed by atoms with van der Waals surface area (Å²) in [4.78, 5) is 12.6. The zero-order valence-corrected chi connectivity index (χ0v) is 13.3. The van der Waals surface area contributed by atoms with Crippen LogP contribution in [0.5, 0.6) is 0 Å². The zero-order valence-electron chi connectivity index (χ0n) is 13.3. The molecule has 0 saturated heterocycles. The van der Waals surface area contributed by atoms with Gasteiger partial charge in [0.05, 0.1) is 5.60 Å². The van der Waals surface area contributed by atoms with Gasteiger partial charge in [0.2, 0.25) is 0 Å². The van der Waals surface area contributed by atoms with E-state index < -0.39 is 0 Å². The van der Waals surface area contributed by atoms with E-state index in [-0.39, 0.29) is 11.5 Å². The summed E-state index contributed by atoms with van der Waals surface area (Å²) in [5, 5.41) is 0. The molecular formula is C17H32O2. The monoisotopic (exact) mass is 268 g/mol. The minimum atomic E-state index is -0.210. The Hall–Kier alpha value is -0.370. The lowest BCUT2D eigenvalue weighted by Crippen LogP contribution is -2.44. The lowest BCUT2D eigenvalue weighted by molar-refractivity contribution is -0.139. The van der Waals surface area contributed by atoms with Gasteiger partial charge in [0.15, 0.2) is 0 Å². The molecule has 0 heterocycles. The molecule has 3 atom stereocenters. The van der Waals surface area contributed by atoms with Crippen molar-refractivity contribution >= 4 is 5.78 Å². The number of ether oxygens (including phenoxy) is 1. The summed E-state index contributed by atoms with van der Waals surface area (Å²) in [5.41, 5.74) is -0.210. The van der Waals surface area contributed by atoms with Crippen molar-refractivity contribution < 1.29 is 9.53 Å². The third-order valence-electron chi connectivity index (χ3n) is 5.04.